The minimum atomic E-state index is -0.824. The number of anilines is 2. The molecule has 4 rings (SSSR count). The van der Waals surface area contributed by atoms with Crippen molar-refractivity contribution < 1.29 is 23.8 Å². The molecule has 0 saturated carbocycles. The molecule has 12 heteroatoms. The fourth-order valence-electron chi connectivity index (χ4n) is 8.46. The first-order chi connectivity index (χ1) is 33.2. The number of allylic oxidation sites excluding steroid dienone is 7. The number of nitrogens with zero attached hydrogens (tertiary/aromatic N) is 7. The number of carbonyl (C=O) groups excluding carboxylic acids is 2. The van der Waals surface area contributed by atoms with Crippen LogP contribution in [-0.2, 0) is 23.8 Å². The van der Waals surface area contributed by atoms with Crippen LogP contribution in [0.3, 0.4) is 0 Å². The Morgan fingerprint density at radius 2 is 1.35 bits per heavy atom. The zero-order valence-corrected chi connectivity index (χ0v) is 40.1. The van der Waals surface area contributed by atoms with E-state index in [1.807, 2.05) is 120 Å². The molecule has 0 N–H and O–H groups in total. The van der Waals surface area contributed by atoms with Gasteiger partial charge in [-0.15, -0.1) is 0 Å². The Morgan fingerprint density at radius 1 is 0.750 bits per heavy atom. The van der Waals surface area contributed by atoms with Crippen LogP contribution < -0.4 is 9.80 Å². The zero-order valence-electron chi connectivity index (χ0n) is 40.1. The molecule has 2 heterocycles. The van der Waals surface area contributed by atoms with Crippen LogP contribution in [0.4, 0.5) is 11.4 Å². The van der Waals surface area contributed by atoms with Gasteiger partial charge in [-0.2, -0.15) is 26.3 Å². The number of rotatable bonds is 28. The Kier molecular flexibility index (Phi) is 23.0. The second kappa shape index (κ2) is 29.3. The van der Waals surface area contributed by atoms with Gasteiger partial charge in [-0.05, 0) is 74.1 Å². The smallest absolute Gasteiger partial charge is 0.306 e. The van der Waals surface area contributed by atoms with Crippen molar-refractivity contribution in [3.63, 3.8) is 0 Å². The molecule has 0 amide bonds. The molecule has 2 aromatic rings. The number of fused-ring (bicyclic) bond motifs is 1. The van der Waals surface area contributed by atoms with E-state index in [0.717, 1.165) is 79.4 Å². The Balaban J connectivity index is 1.38. The average molecular weight is 916 g/mol. The number of unbranched alkanes of at least 4 members (excludes halogenated alkanes) is 10. The number of carbonyl (C=O) groups is 2. The summed E-state index contributed by atoms with van der Waals surface area (Å²) in [4.78, 5) is 29.2. The topological polar surface area (TPSA) is 187 Å². The number of likely N-dealkylation sites (N-methyl/N-ethyl adjacent to an activating group) is 1. The summed E-state index contributed by atoms with van der Waals surface area (Å²) in [6.45, 7) is 8.13. The van der Waals surface area contributed by atoms with Crippen LogP contribution in [0.1, 0.15) is 135 Å². The van der Waals surface area contributed by atoms with Gasteiger partial charge in [0.05, 0.1) is 25.9 Å². The second-order valence-electron chi connectivity index (χ2n) is 16.9. The van der Waals surface area contributed by atoms with E-state index >= 15 is 0 Å². The molecule has 2 aliphatic heterocycles. The number of benzene rings is 2. The molecule has 0 aliphatic carbocycles. The number of para-hydroxylation sites is 1. The maximum Gasteiger partial charge on any atom is 0.306 e. The lowest BCUT2D eigenvalue weighted by Gasteiger charge is -2.31. The van der Waals surface area contributed by atoms with Crippen molar-refractivity contribution >= 4 is 35.0 Å². The van der Waals surface area contributed by atoms with Crippen molar-refractivity contribution in [1.82, 2.24) is 0 Å². The van der Waals surface area contributed by atoms with Crippen molar-refractivity contribution in [2.75, 3.05) is 42.6 Å². The molecule has 0 radical (unpaired) electrons. The van der Waals surface area contributed by atoms with Gasteiger partial charge in [0, 0.05) is 35.3 Å². The van der Waals surface area contributed by atoms with Crippen LogP contribution >= 0.6 is 0 Å². The van der Waals surface area contributed by atoms with E-state index in [1.165, 1.54) is 31.8 Å². The number of hydrogen-bond donors (Lipinski definition) is 0. The van der Waals surface area contributed by atoms with Crippen molar-refractivity contribution in [1.29, 1.82) is 26.3 Å². The average Bonchev–Trinajstić information content (AvgIpc) is 3.66. The van der Waals surface area contributed by atoms with Gasteiger partial charge in [0.1, 0.15) is 60.3 Å². The standard InChI is InChI=1S/C56H65N7O5/c1-4-7-9-11-13-17-31-56(32-18-14-12-10-8-5-2)51(50(43-61)55(68-56)47(41-59)42-60)22-19-20-46-30-33-63(52-23-16-15-21-49(46)52)35-37-67-54(65)29-28-53(64)66-36-34-62(6-3)48-26-24-44(25-27-48)38-45(39-57)40-58/h15-16,19-27,30,33,38H,4-14,17-18,28-29,31-32,34-37H2,1-3H3/b22-19+,46-20-. The summed E-state index contributed by atoms with van der Waals surface area (Å²) in [5, 5.41) is 48.3. The van der Waals surface area contributed by atoms with E-state index < -0.39 is 17.5 Å². The fourth-order valence-corrected chi connectivity index (χ4v) is 8.46. The SMILES string of the molecule is CCCCCCCCC1(CCCCCCCC)OC(=C(C#N)C#N)C(C#N)=C1/C=C/C=C1/C=CN(CCOC(=O)CCC(=O)OCCN(CC)c2ccc(C=C(C#N)C#N)cc2)c2ccccc21. The Morgan fingerprint density at radius 3 is 1.94 bits per heavy atom. The maximum absolute atomic E-state index is 12.7. The fraction of sp³-hybridized carbons (Fsp3) is 0.446. The lowest BCUT2D eigenvalue weighted by Crippen LogP contribution is -2.31. The highest BCUT2D eigenvalue weighted by molar-refractivity contribution is 5.87. The van der Waals surface area contributed by atoms with Gasteiger partial charge in [-0.3, -0.25) is 9.59 Å². The van der Waals surface area contributed by atoms with Crippen molar-refractivity contribution in [2.24, 2.45) is 0 Å². The Labute approximate surface area is 404 Å². The van der Waals surface area contributed by atoms with Gasteiger partial charge in [0.25, 0.3) is 0 Å². The summed E-state index contributed by atoms with van der Waals surface area (Å²) in [5.74, 6) is -0.906. The van der Waals surface area contributed by atoms with Gasteiger partial charge in [0.2, 0.25) is 0 Å². The number of hydrogen-bond acceptors (Lipinski definition) is 12. The molecule has 68 heavy (non-hydrogen) atoms. The Bertz CT molecular complexity index is 2380. The van der Waals surface area contributed by atoms with E-state index in [9.17, 15) is 25.4 Å². The van der Waals surface area contributed by atoms with Gasteiger partial charge >= 0.3 is 11.9 Å². The lowest BCUT2D eigenvalue weighted by atomic mass is 9.82. The number of ether oxygens (including phenoxy) is 3. The van der Waals surface area contributed by atoms with Crippen LogP contribution in [0.5, 0.6) is 0 Å². The van der Waals surface area contributed by atoms with E-state index in [1.54, 1.807) is 0 Å². The molecule has 0 saturated heterocycles. The summed E-state index contributed by atoms with van der Waals surface area (Å²) in [6, 6.07) is 25.3. The molecule has 0 bridgehead atoms. The van der Waals surface area contributed by atoms with Crippen molar-refractivity contribution in [2.45, 2.75) is 129 Å². The molecule has 354 valence electrons. The van der Waals surface area contributed by atoms with Crippen LogP contribution in [-0.4, -0.2) is 50.4 Å². The molecule has 0 fully saturated rings. The summed E-state index contributed by atoms with van der Waals surface area (Å²) < 4.78 is 17.6. The van der Waals surface area contributed by atoms with Gasteiger partial charge in [0.15, 0.2) is 11.3 Å². The van der Waals surface area contributed by atoms with Crippen LogP contribution in [0.15, 0.2) is 107 Å². The minimum Gasteiger partial charge on any atom is -0.479 e. The third-order valence-corrected chi connectivity index (χ3v) is 12.2. The van der Waals surface area contributed by atoms with E-state index in [2.05, 4.69) is 19.9 Å². The van der Waals surface area contributed by atoms with Crippen LogP contribution in [0, 0.1) is 56.7 Å². The van der Waals surface area contributed by atoms with Crippen molar-refractivity contribution in [3.05, 3.63) is 118 Å². The molecule has 2 aliphatic rings. The van der Waals surface area contributed by atoms with Crippen LogP contribution in [0.25, 0.3) is 11.6 Å². The highest BCUT2D eigenvalue weighted by Crippen LogP contribution is 2.47. The molecular weight excluding hydrogens is 851 g/mol. The molecular formula is C56H65N7O5. The van der Waals surface area contributed by atoms with E-state index in [-0.39, 0.29) is 48.5 Å². The molecule has 0 unspecified atom stereocenters. The molecule has 2 aromatic carbocycles. The van der Waals surface area contributed by atoms with Gasteiger partial charge in [-0.1, -0.05) is 127 Å². The van der Waals surface area contributed by atoms with E-state index in [4.69, 9.17) is 24.7 Å². The van der Waals surface area contributed by atoms with E-state index in [0.29, 0.717) is 38.0 Å². The summed E-state index contributed by atoms with van der Waals surface area (Å²) in [5.41, 5.74) is 4.43. The summed E-state index contributed by atoms with van der Waals surface area (Å²) in [7, 11) is 0. The zero-order chi connectivity index (χ0) is 49.0. The monoisotopic (exact) mass is 916 g/mol. The quantitative estimate of drug-likeness (QED) is 0.0447. The second-order valence-corrected chi connectivity index (χ2v) is 16.9. The molecule has 0 atom stereocenters. The summed E-state index contributed by atoms with van der Waals surface area (Å²) >= 11 is 0. The maximum atomic E-state index is 12.7. The first-order valence-corrected chi connectivity index (χ1v) is 24.2. The third kappa shape index (κ3) is 15.9. The molecule has 0 spiro atoms. The highest BCUT2D eigenvalue weighted by Gasteiger charge is 2.45. The predicted octanol–water partition coefficient (Wildman–Crippen LogP) is 12.2. The largest absolute Gasteiger partial charge is 0.479 e. The Hall–Kier alpha value is -7.33. The highest BCUT2D eigenvalue weighted by atomic mass is 16.5. The lowest BCUT2D eigenvalue weighted by molar-refractivity contribution is -0.150. The third-order valence-electron chi connectivity index (χ3n) is 12.2. The van der Waals surface area contributed by atoms with Crippen molar-refractivity contribution in [3.8, 4) is 30.3 Å². The van der Waals surface area contributed by atoms with Gasteiger partial charge in [-0.25, -0.2) is 0 Å². The minimum absolute atomic E-state index is 0.0220. The number of esters is 2. The normalized spacial score (nSPS) is 13.9. The molecule has 12 nitrogen and oxygen atoms in total. The number of nitriles is 5. The first-order valence-electron chi connectivity index (χ1n) is 24.2. The van der Waals surface area contributed by atoms with Gasteiger partial charge < -0.3 is 24.0 Å². The first kappa shape index (κ1) is 53.3. The van der Waals surface area contributed by atoms with Crippen LogP contribution in [0.2, 0.25) is 0 Å². The summed E-state index contributed by atoms with van der Waals surface area (Å²) in [6.07, 6.45) is 25.6. The molecule has 0 aromatic heterocycles. The predicted molar refractivity (Wildman–Crippen MR) is 265 cm³/mol.